The van der Waals surface area contributed by atoms with Crippen LogP contribution in [0.15, 0.2) is 52.1 Å². The van der Waals surface area contributed by atoms with Gasteiger partial charge in [-0.2, -0.15) is 0 Å². The zero-order valence-electron chi connectivity index (χ0n) is 19.7. The van der Waals surface area contributed by atoms with E-state index in [1.165, 1.54) is 30.5 Å². The minimum absolute atomic E-state index is 0.0308. The normalized spacial score (nSPS) is 14.0. The van der Waals surface area contributed by atoms with Crippen LogP contribution in [0.5, 0.6) is 0 Å². The van der Waals surface area contributed by atoms with Crippen LogP contribution in [0.4, 0.5) is 14.5 Å². The molecule has 1 saturated heterocycles. The van der Waals surface area contributed by atoms with E-state index in [1.54, 1.807) is 0 Å². The van der Waals surface area contributed by atoms with E-state index in [0.29, 0.717) is 11.1 Å². The summed E-state index contributed by atoms with van der Waals surface area (Å²) >= 11 is 0. The predicted octanol–water partition coefficient (Wildman–Crippen LogP) is 2.39. The first-order valence-electron chi connectivity index (χ1n) is 11.8. The number of hydrogen-bond acceptors (Lipinski definition) is 7. The number of anilines is 1. The molecule has 186 valence electrons. The van der Waals surface area contributed by atoms with Crippen molar-refractivity contribution in [3.05, 3.63) is 80.5 Å². The molecule has 0 unspecified atom stereocenters. The lowest BCUT2D eigenvalue weighted by atomic mass is 10.2. The van der Waals surface area contributed by atoms with Crippen LogP contribution in [-0.2, 0) is 13.6 Å². The molecule has 0 spiro atoms. The molecule has 36 heavy (non-hydrogen) atoms. The predicted molar refractivity (Wildman–Crippen MR) is 132 cm³/mol. The molecule has 0 amide bonds. The maximum atomic E-state index is 13.7. The van der Waals surface area contributed by atoms with Gasteiger partial charge >= 0.3 is 5.69 Å². The van der Waals surface area contributed by atoms with Crippen molar-refractivity contribution in [1.29, 1.82) is 0 Å². The van der Waals surface area contributed by atoms with Crippen molar-refractivity contribution in [3.8, 4) is 11.4 Å². The number of nitrogens with zero attached hydrogens (tertiary/aromatic N) is 6. The molecule has 0 bridgehead atoms. The van der Waals surface area contributed by atoms with Gasteiger partial charge in [-0.1, -0.05) is 6.07 Å². The highest BCUT2D eigenvalue weighted by Gasteiger charge is 2.17. The Kier molecular flexibility index (Phi) is 6.55. The van der Waals surface area contributed by atoms with Gasteiger partial charge in [0.2, 0.25) is 0 Å². The zero-order valence-corrected chi connectivity index (χ0v) is 19.7. The topological polar surface area (TPSA) is 97.9 Å². The third-order valence-corrected chi connectivity index (χ3v) is 6.37. The second-order valence-electron chi connectivity index (χ2n) is 8.84. The quantitative estimate of drug-likeness (QED) is 0.422. The van der Waals surface area contributed by atoms with Gasteiger partial charge < -0.3 is 10.2 Å². The molecule has 1 fully saturated rings. The summed E-state index contributed by atoms with van der Waals surface area (Å²) in [6.45, 7) is 4.02. The lowest BCUT2D eigenvalue weighted by Crippen LogP contribution is -2.39. The van der Waals surface area contributed by atoms with Crippen LogP contribution in [0, 0.1) is 11.6 Å². The van der Waals surface area contributed by atoms with E-state index in [4.69, 9.17) is 0 Å². The highest BCUT2D eigenvalue weighted by Crippen LogP contribution is 2.19. The summed E-state index contributed by atoms with van der Waals surface area (Å²) in [6, 6.07) is 10.8. The van der Waals surface area contributed by atoms with Crippen molar-refractivity contribution in [2.24, 2.45) is 7.05 Å². The molecule has 0 atom stereocenters. The Morgan fingerprint density at radius 3 is 2.44 bits per heavy atom. The van der Waals surface area contributed by atoms with E-state index >= 15 is 0 Å². The molecule has 4 aromatic rings. The number of benzene rings is 2. The first-order chi connectivity index (χ1) is 17.4. The number of rotatable bonds is 7. The fourth-order valence-electron chi connectivity index (χ4n) is 4.35. The summed E-state index contributed by atoms with van der Waals surface area (Å²) < 4.78 is 29.1. The second-order valence-corrected chi connectivity index (χ2v) is 8.84. The standard InChI is InChI=1S/C25H25F2N7O2/c1-32-24(35)21-23(34(25(32)36)15-16-4-9-19(26)20(27)14-16)31-30-22(29-21)17-5-7-18(8-6-17)28-10-13-33-11-2-3-12-33/h4-9,14,28H,2-3,10-13,15H2,1H3. The Morgan fingerprint density at radius 2 is 1.72 bits per heavy atom. The van der Waals surface area contributed by atoms with Crippen LogP contribution in [0.2, 0.25) is 0 Å². The van der Waals surface area contributed by atoms with Gasteiger partial charge in [-0.05, 0) is 67.9 Å². The fraction of sp³-hybridized carbons (Fsp3) is 0.320. The monoisotopic (exact) mass is 493 g/mol. The van der Waals surface area contributed by atoms with E-state index in [0.717, 1.165) is 48.6 Å². The van der Waals surface area contributed by atoms with Gasteiger partial charge in [-0.15, -0.1) is 10.2 Å². The Hall–Kier alpha value is -3.99. The number of aromatic nitrogens is 5. The number of halogens is 2. The van der Waals surface area contributed by atoms with Gasteiger partial charge in [0.05, 0.1) is 6.54 Å². The molecular formula is C25H25F2N7O2. The lowest BCUT2D eigenvalue weighted by Gasteiger charge is -2.15. The van der Waals surface area contributed by atoms with E-state index < -0.39 is 22.9 Å². The van der Waals surface area contributed by atoms with Crippen molar-refractivity contribution in [2.75, 3.05) is 31.5 Å². The van der Waals surface area contributed by atoms with Crippen molar-refractivity contribution in [3.63, 3.8) is 0 Å². The number of nitrogens with one attached hydrogen (secondary N) is 1. The van der Waals surface area contributed by atoms with Crippen LogP contribution in [0.3, 0.4) is 0 Å². The van der Waals surface area contributed by atoms with Crippen LogP contribution in [-0.4, -0.2) is 55.4 Å². The SMILES string of the molecule is Cn1c(=O)c2nc(-c3ccc(NCCN4CCCC4)cc3)nnc2n(Cc2ccc(F)c(F)c2)c1=O. The van der Waals surface area contributed by atoms with Crippen molar-refractivity contribution < 1.29 is 8.78 Å². The summed E-state index contributed by atoms with van der Waals surface area (Å²) in [5.41, 5.74) is 0.597. The van der Waals surface area contributed by atoms with E-state index in [1.807, 2.05) is 24.3 Å². The third kappa shape index (κ3) is 4.74. The van der Waals surface area contributed by atoms with Gasteiger partial charge in [0.25, 0.3) is 5.56 Å². The van der Waals surface area contributed by atoms with Crippen molar-refractivity contribution in [2.45, 2.75) is 19.4 Å². The number of likely N-dealkylation sites (tertiary alicyclic amines) is 1. The zero-order chi connectivity index (χ0) is 25.2. The summed E-state index contributed by atoms with van der Waals surface area (Å²) in [5, 5.41) is 11.7. The average Bonchev–Trinajstić information content (AvgIpc) is 3.41. The fourth-order valence-corrected chi connectivity index (χ4v) is 4.35. The molecule has 1 aliphatic heterocycles. The number of hydrogen-bond donors (Lipinski definition) is 1. The summed E-state index contributed by atoms with van der Waals surface area (Å²) in [4.78, 5) is 32.4. The van der Waals surface area contributed by atoms with Gasteiger partial charge in [0.15, 0.2) is 28.6 Å². The molecule has 1 N–H and O–H groups in total. The molecular weight excluding hydrogens is 468 g/mol. The third-order valence-electron chi connectivity index (χ3n) is 6.37. The number of fused-ring (bicyclic) bond motifs is 1. The smallest absolute Gasteiger partial charge is 0.332 e. The molecule has 0 radical (unpaired) electrons. The molecule has 9 nitrogen and oxygen atoms in total. The Balaban J connectivity index is 1.42. The molecule has 0 aliphatic carbocycles. The van der Waals surface area contributed by atoms with Crippen LogP contribution < -0.4 is 16.6 Å². The lowest BCUT2D eigenvalue weighted by molar-refractivity contribution is 0.352. The Morgan fingerprint density at radius 1 is 0.972 bits per heavy atom. The summed E-state index contributed by atoms with van der Waals surface area (Å²) in [5.74, 6) is -1.79. The second kappa shape index (κ2) is 9.94. The van der Waals surface area contributed by atoms with Gasteiger partial charge in [0.1, 0.15) is 0 Å². The van der Waals surface area contributed by atoms with Crippen LogP contribution >= 0.6 is 0 Å². The molecule has 5 rings (SSSR count). The molecule has 0 saturated carbocycles. The highest BCUT2D eigenvalue weighted by molar-refractivity contribution is 5.71. The summed E-state index contributed by atoms with van der Waals surface area (Å²) in [6.07, 6.45) is 2.52. The first kappa shape index (κ1) is 23.7. The minimum atomic E-state index is -1.03. The Labute approximate surface area is 205 Å². The van der Waals surface area contributed by atoms with E-state index in [9.17, 15) is 18.4 Å². The maximum Gasteiger partial charge on any atom is 0.332 e. The van der Waals surface area contributed by atoms with Crippen LogP contribution in [0.1, 0.15) is 18.4 Å². The maximum absolute atomic E-state index is 13.7. The molecule has 11 heteroatoms. The molecule has 2 aromatic carbocycles. The Bertz CT molecular complexity index is 1530. The van der Waals surface area contributed by atoms with Gasteiger partial charge in [-0.25, -0.2) is 18.6 Å². The van der Waals surface area contributed by atoms with Crippen molar-refractivity contribution in [1.82, 2.24) is 29.2 Å². The first-order valence-corrected chi connectivity index (χ1v) is 11.8. The van der Waals surface area contributed by atoms with E-state index in [2.05, 4.69) is 25.4 Å². The highest BCUT2D eigenvalue weighted by atomic mass is 19.2. The van der Waals surface area contributed by atoms with Crippen molar-refractivity contribution >= 4 is 16.9 Å². The minimum Gasteiger partial charge on any atom is -0.384 e. The molecule has 1 aliphatic rings. The van der Waals surface area contributed by atoms with Gasteiger partial charge in [0, 0.05) is 31.4 Å². The summed E-state index contributed by atoms with van der Waals surface area (Å²) in [7, 11) is 1.33. The van der Waals surface area contributed by atoms with Crippen LogP contribution in [0.25, 0.3) is 22.6 Å². The average molecular weight is 494 g/mol. The largest absolute Gasteiger partial charge is 0.384 e. The molecule has 3 heterocycles. The van der Waals surface area contributed by atoms with Gasteiger partial charge in [-0.3, -0.25) is 13.9 Å². The molecule has 2 aromatic heterocycles. The van der Waals surface area contributed by atoms with E-state index in [-0.39, 0.29) is 23.5 Å².